The number of amides is 2. The molecule has 218 valence electrons. The van der Waals surface area contributed by atoms with Crippen molar-refractivity contribution in [3.63, 3.8) is 0 Å². The maximum atomic E-state index is 16.3. The molecule has 2 amide bonds. The van der Waals surface area contributed by atoms with Gasteiger partial charge in [-0.2, -0.15) is 0 Å². The molecule has 9 nitrogen and oxygen atoms in total. The van der Waals surface area contributed by atoms with Gasteiger partial charge < -0.3 is 24.2 Å². The highest BCUT2D eigenvalue weighted by atomic mass is 19.1. The summed E-state index contributed by atoms with van der Waals surface area (Å²) in [7, 11) is 2.07. The molecule has 0 aliphatic carbocycles. The van der Waals surface area contributed by atoms with Crippen LogP contribution in [0, 0.1) is 11.6 Å². The molecule has 11 heteroatoms. The molecule has 0 radical (unpaired) electrons. The molecule has 0 spiro atoms. The fraction of sp³-hybridized carbons (Fsp3) is 0.500. The van der Waals surface area contributed by atoms with E-state index in [1.807, 2.05) is 4.90 Å². The molecule has 1 aromatic carbocycles. The molecule has 2 aromatic rings. The average molecular weight is 568 g/mol. The second kappa shape index (κ2) is 10.4. The van der Waals surface area contributed by atoms with Crippen LogP contribution in [-0.4, -0.2) is 108 Å². The van der Waals surface area contributed by atoms with E-state index in [0.717, 1.165) is 6.42 Å². The second-order valence-corrected chi connectivity index (χ2v) is 11.9. The van der Waals surface area contributed by atoms with Crippen molar-refractivity contribution in [3.05, 3.63) is 54.1 Å². The first-order valence-corrected chi connectivity index (χ1v) is 14.0. The van der Waals surface area contributed by atoms with Gasteiger partial charge in [0.05, 0.1) is 25.3 Å². The van der Waals surface area contributed by atoms with E-state index in [9.17, 15) is 9.59 Å². The quantitative estimate of drug-likeness (QED) is 0.515. The third-order valence-corrected chi connectivity index (χ3v) is 8.96. The largest absolute Gasteiger partial charge is 0.487 e. The smallest absolute Gasteiger partial charge is 0.262 e. The van der Waals surface area contributed by atoms with Gasteiger partial charge in [0.2, 0.25) is 5.91 Å². The number of aromatic nitrogens is 1. The molecule has 0 saturated carbocycles. The van der Waals surface area contributed by atoms with Crippen LogP contribution >= 0.6 is 0 Å². The van der Waals surface area contributed by atoms with Crippen LogP contribution in [0.5, 0.6) is 5.75 Å². The average Bonchev–Trinajstić information content (AvgIpc) is 3.17. The van der Waals surface area contributed by atoms with Crippen LogP contribution < -0.4 is 9.64 Å². The van der Waals surface area contributed by atoms with Crippen molar-refractivity contribution in [2.45, 2.75) is 43.9 Å². The molecule has 6 rings (SSSR count). The topological polar surface area (TPSA) is 78.5 Å². The Morgan fingerprint density at radius 1 is 1.15 bits per heavy atom. The predicted molar refractivity (Wildman–Crippen MR) is 149 cm³/mol. The fourth-order valence-electron chi connectivity index (χ4n) is 6.41. The van der Waals surface area contributed by atoms with Crippen LogP contribution in [0.3, 0.4) is 0 Å². The molecule has 3 saturated heterocycles. The van der Waals surface area contributed by atoms with Crippen molar-refractivity contribution in [3.8, 4) is 17.0 Å². The maximum absolute atomic E-state index is 16.3. The van der Waals surface area contributed by atoms with Crippen molar-refractivity contribution in [1.82, 2.24) is 19.7 Å². The summed E-state index contributed by atoms with van der Waals surface area (Å²) in [4.78, 5) is 38.9. The van der Waals surface area contributed by atoms with E-state index in [1.54, 1.807) is 15.9 Å². The second-order valence-electron chi connectivity index (χ2n) is 11.9. The van der Waals surface area contributed by atoms with E-state index >= 15 is 8.78 Å². The van der Waals surface area contributed by atoms with Crippen molar-refractivity contribution in [2.75, 3.05) is 57.9 Å². The molecule has 4 aliphatic heterocycles. The lowest BCUT2D eigenvalue weighted by molar-refractivity contribution is -0.128. The zero-order valence-corrected chi connectivity index (χ0v) is 23.6. The fourth-order valence-corrected chi connectivity index (χ4v) is 6.41. The molecule has 5 heterocycles. The van der Waals surface area contributed by atoms with Gasteiger partial charge in [-0.15, -0.1) is 0 Å². The molecule has 2 unspecified atom stereocenters. The number of piperazine rings is 1. The van der Waals surface area contributed by atoms with Crippen LogP contribution in [0.15, 0.2) is 36.9 Å². The monoisotopic (exact) mass is 567 g/mol. The van der Waals surface area contributed by atoms with Crippen molar-refractivity contribution in [2.24, 2.45) is 0 Å². The summed E-state index contributed by atoms with van der Waals surface area (Å²) in [5.41, 5.74) is -0.618. The zero-order chi connectivity index (χ0) is 29.1. The van der Waals surface area contributed by atoms with E-state index in [2.05, 4.69) is 32.4 Å². The molecule has 1 aromatic heterocycles. The standard InChI is InChI=1S/C30H35F2N5O4/c1-5-23(38)35-10-11-36-19(13-35)17-41-27-24(29(36)39)28(33-26(25(27)32)21-8-6-7-9-22(21)31)37-14-18(12-30(37,2)3)34(4)20-15-40-16-20/h5-9,18-20H,1,10-17H2,2-4H3. The number of hydrogen-bond donors (Lipinski definition) is 0. The normalized spacial score (nSPS) is 24.0. The number of likely N-dealkylation sites (N-methyl/N-ethyl adjacent to an activating group) is 1. The molecule has 0 N–H and O–H groups in total. The Bertz CT molecular complexity index is 1400. The van der Waals surface area contributed by atoms with Gasteiger partial charge >= 0.3 is 0 Å². The minimum Gasteiger partial charge on any atom is -0.487 e. The highest BCUT2D eigenvalue weighted by Crippen LogP contribution is 2.44. The van der Waals surface area contributed by atoms with Crippen LogP contribution in [0.1, 0.15) is 30.6 Å². The minimum absolute atomic E-state index is 0.00730. The lowest BCUT2D eigenvalue weighted by Crippen LogP contribution is -2.57. The van der Waals surface area contributed by atoms with Crippen molar-refractivity contribution >= 4 is 17.6 Å². The van der Waals surface area contributed by atoms with Gasteiger partial charge in [0.25, 0.3) is 5.91 Å². The Morgan fingerprint density at radius 2 is 1.90 bits per heavy atom. The Morgan fingerprint density at radius 3 is 2.59 bits per heavy atom. The van der Waals surface area contributed by atoms with E-state index < -0.39 is 29.1 Å². The Labute approximate surface area is 238 Å². The van der Waals surface area contributed by atoms with Crippen LogP contribution in [0.25, 0.3) is 11.3 Å². The van der Waals surface area contributed by atoms with Gasteiger partial charge in [0.15, 0.2) is 11.6 Å². The van der Waals surface area contributed by atoms with Gasteiger partial charge in [-0.05, 0) is 45.5 Å². The van der Waals surface area contributed by atoms with Crippen LogP contribution in [-0.2, 0) is 9.53 Å². The zero-order valence-electron chi connectivity index (χ0n) is 23.6. The molecular weight excluding hydrogens is 532 g/mol. The summed E-state index contributed by atoms with van der Waals surface area (Å²) in [6.45, 7) is 10.4. The molecular formula is C30H35F2N5O4. The van der Waals surface area contributed by atoms with Crippen LogP contribution in [0.2, 0.25) is 0 Å². The van der Waals surface area contributed by atoms with Gasteiger partial charge in [-0.25, -0.2) is 13.8 Å². The number of ether oxygens (including phenoxy) is 2. The van der Waals surface area contributed by atoms with Gasteiger partial charge in [-0.1, -0.05) is 18.7 Å². The van der Waals surface area contributed by atoms with Gasteiger partial charge in [-0.3, -0.25) is 14.5 Å². The number of nitrogens with zero attached hydrogens (tertiary/aromatic N) is 5. The number of fused-ring (bicyclic) bond motifs is 2. The molecule has 0 bridgehead atoms. The predicted octanol–water partition coefficient (Wildman–Crippen LogP) is 2.95. The lowest BCUT2D eigenvalue weighted by Gasteiger charge is -2.40. The van der Waals surface area contributed by atoms with Crippen LogP contribution in [0.4, 0.5) is 14.6 Å². The summed E-state index contributed by atoms with van der Waals surface area (Å²) in [6.07, 6.45) is 2.02. The summed E-state index contributed by atoms with van der Waals surface area (Å²) in [5, 5.41) is 0. The maximum Gasteiger partial charge on any atom is 0.262 e. The first-order valence-electron chi connectivity index (χ1n) is 14.0. The van der Waals surface area contributed by atoms with E-state index in [0.29, 0.717) is 32.3 Å². The minimum atomic E-state index is -0.877. The Balaban J connectivity index is 1.47. The number of halogens is 2. The number of rotatable bonds is 5. The number of carbonyl (C=O) groups is 2. The Kier molecular flexibility index (Phi) is 6.97. The first-order chi connectivity index (χ1) is 19.6. The molecule has 4 aliphatic rings. The number of carbonyl (C=O) groups excluding carboxylic acids is 2. The molecule has 3 fully saturated rings. The van der Waals surface area contributed by atoms with Gasteiger partial charge in [0, 0.05) is 43.3 Å². The third kappa shape index (κ3) is 4.64. The Hall–Kier alpha value is -3.57. The lowest BCUT2D eigenvalue weighted by atomic mass is 9.98. The van der Waals surface area contributed by atoms with Gasteiger partial charge in [0.1, 0.15) is 29.5 Å². The summed E-state index contributed by atoms with van der Waals surface area (Å²) in [6, 6.07) is 5.84. The van der Waals surface area contributed by atoms with Crippen molar-refractivity contribution in [1.29, 1.82) is 0 Å². The number of hydrogen-bond acceptors (Lipinski definition) is 7. The SMILES string of the molecule is C=CC(=O)N1CCN2C(=O)c3c(N4CC(N(C)C5COC5)CC4(C)C)nc(-c4ccccc4F)c(F)c3OCC2C1. The summed E-state index contributed by atoms with van der Waals surface area (Å²) < 4.78 is 42.8. The molecule has 2 atom stereocenters. The first kappa shape index (κ1) is 27.6. The van der Waals surface area contributed by atoms with E-state index in [4.69, 9.17) is 14.5 Å². The highest BCUT2D eigenvalue weighted by Gasteiger charge is 2.47. The summed E-state index contributed by atoms with van der Waals surface area (Å²) in [5.74, 6) is -2.09. The molecule has 41 heavy (non-hydrogen) atoms. The summed E-state index contributed by atoms with van der Waals surface area (Å²) >= 11 is 0. The number of benzene rings is 1. The number of pyridine rings is 1. The van der Waals surface area contributed by atoms with Crippen molar-refractivity contribution < 1.29 is 27.8 Å². The van der Waals surface area contributed by atoms with E-state index in [1.165, 1.54) is 24.3 Å². The third-order valence-electron chi connectivity index (χ3n) is 8.96. The van der Waals surface area contributed by atoms with E-state index in [-0.39, 0.29) is 60.0 Å². The highest BCUT2D eigenvalue weighted by molar-refractivity contribution is 6.03. The number of anilines is 1.